The molecule has 18 heavy (non-hydrogen) atoms. The molecule has 2 aliphatic rings. The summed E-state index contributed by atoms with van der Waals surface area (Å²) in [7, 11) is 2.00. The van der Waals surface area contributed by atoms with Gasteiger partial charge in [0.15, 0.2) is 0 Å². The molecule has 4 nitrogen and oxygen atoms in total. The van der Waals surface area contributed by atoms with Crippen molar-refractivity contribution in [1.82, 2.24) is 4.90 Å². The lowest BCUT2D eigenvalue weighted by molar-refractivity contribution is 0.0759. The second-order valence-corrected chi connectivity index (χ2v) is 5.36. The van der Waals surface area contributed by atoms with Crippen LogP contribution < -0.4 is 10.6 Å². The average molecular weight is 245 g/mol. The molecule has 0 saturated heterocycles. The standard InChI is InChI=1S/C14H19N3O/c1-16-7-8-17(9-10-5-6-10)14(18)11-3-2-4-12(15)13(11)16/h2-4,10H,5-9,15H2,1H3. The minimum atomic E-state index is 0.133. The van der Waals surface area contributed by atoms with E-state index in [1.165, 1.54) is 12.8 Å². The van der Waals surface area contributed by atoms with Gasteiger partial charge >= 0.3 is 0 Å². The van der Waals surface area contributed by atoms with Gasteiger partial charge < -0.3 is 15.5 Å². The highest BCUT2D eigenvalue weighted by molar-refractivity contribution is 6.03. The van der Waals surface area contributed by atoms with Crippen LogP contribution in [-0.4, -0.2) is 37.5 Å². The number of hydrogen-bond acceptors (Lipinski definition) is 3. The van der Waals surface area contributed by atoms with Gasteiger partial charge in [-0.1, -0.05) is 6.07 Å². The number of anilines is 2. The van der Waals surface area contributed by atoms with Crippen LogP contribution in [0.3, 0.4) is 0 Å². The van der Waals surface area contributed by atoms with E-state index in [1.807, 2.05) is 30.1 Å². The second-order valence-electron chi connectivity index (χ2n) is 5.36. The number of nitrogen functional groups attached to an aromatic ring is 1. The Morgan fingerprint density at radius 1 is 1.33 bits per heavy atom. The first-order valence-electron chi connectivity index (χ1n) is 6.55. The number of hydrogen-bond donors (Lipinski definition) is 1. The monoisotopic (exact) mass is 245 g/mol. The molecule has 2 N–H and O–H groups in total. The van der Waals surface area contributed by atoms with Crippen molar-refractivity contribution in [3.8, 4) is 0 Å². The summed E-state index contributed by atoms with van der Waals surface area (Å²) < 4.78 is 0. The van der Waals surface area contributed by atoms with Crippen molar-refractivity contribution < 1.29 is 4.79 Å². The molecule has 1 saturated carbocycles. The fourth-order valence-corrected chi connectivity index (χ4v) is 2.60. The highest BCUT2D eigenvalue weighted by Gasteiger charge is 2.31. The van der Waals surface area contributed by atoms with E-state index >= 15 is 0 Å². The number of para-hydroxylation sites is 1. The Morgan fingerprint density at radius 2 is 2.11 bits per heavy atom. The van der Waals surface area contributed by atoms with Gasteiger partial charge in [0.25, 0.3) is 5.91 Å². The second kappa shape index (κ2) is 4.19. The van der Waals surface area contributed by atoms with E-state index < -0.39 is 0 Å². The third-order valence-electron chi connectivity index (χ3n) is 3.85. The maximum absolute atomic E-state index is 12.5. The smallest absolute Gasteiger partial charge is 0.256 e. The predicted octanol–water partition coefficient (Wildman–Crippen LogP) is 1.57. The Hall–Kier alpha value is -1.71. The van der Waals surface area contributed by atoms with E-state index in [-0.39, 0.29) is 5.91 Å². The number of nitrogens with zero attached hydrogens (tertiary/aromatic N) is 2. The zero-order chi connectivity index (χ0) is 12.7. The molecule has 0 bridgehead atoms. The fraction of sp³-hybridized carbons (Fsp3) is 0.500. The van der Waals surface area contributed by atoms with Crippen LogP contribution in [0, 0.1) is 5.92 Å². The first-order chi connectivity index (χ1) is 8.66. The van der Waals surface area contributed by atoms with Crippen LogP contribution in [0.1, 0.15) is 23.2 Å². The predicted molar refractivity (Wildman–Crippen MR) is 72.8 cm³/mol. The Kier molecular flexibility index (Phi) is 2.65. The quantitative estimate of drug-likeness (QED) is 0.805. The maximum atomic E-state index is 12.5. The van der Waals surface area contributed by atoms with Crippen LogP contribution in [0.15, 0.2) is 18.2 Å². The largest absolute Gasteiger partial charge is 0.397 e. The van der Waals surface area contributed by atoms with Crippen LogP contribution in [0.25, 0.3) is 0 Å². The van der Waals surface area contributed by atoms with Crippen molar-refractivity contribution in [1.29, 1.82) is 0 Å². The van der Waals surface area contributed by atoms with Gasteiger partial charge in [0.1, 0.15) is 0 Å². The molecular weight excluding hydrogens is 226 g/mol. The Balaban J connectivity index is 1.96. The summed E-state index contributed by atoms with van der Waals surface area (Å²) in [6.45, 7) is 2.54. The zero-order valence-electron chi connectivity index (χ0n) is 10.7. The molecule has 1 heterocycles. The van der Waals surface area contributed by atoms with E-state index in [0.717, 1.165) is 36.8 Å². The van der Waals surface area contributed by atoms with Gasteiger partial charge in [-0.3, -0.25) is 4.79 Å². The molecule has 0 unspecified atom stereocenters. The van der Waals surface area contributed by atoms with E-state index in [1.54, 1.807) is 0 Å². The van der Waals surface area contributed by atoms with Crippen molar-refractivity contribution in [3.63, 3.8) is 0 Å². The molecule has 3 rings (SSSR count). The summed E-state index contributed by atoms with van der Waals surface area (Å²) in [5, 5.41) is 0. The maximum Gasteiger partial charge on any atom is 0.256 e. The topological polar surface area (TPSA) is 49.6 Å². The summed E-state index contributed by atoms with van der Waals surface area (Å²) in [4.78, 5) is 16.6. The first kappa shape index (κ1) is 11.4. The number of benzene rings is 1. The zero-order valence-corrected chi connectivity index (χ0v) is 10.7. The number of fused-ring (bicyclic) bond motifs is 1. The van der Waals surface area contributed by atoms with Gasteiger partial charge in [-0.2, -0.15) is 0 Å². The third kappa shape index (κ3) is 1.92. The molecule has 1 fully saturated rings. The third-order valence-corrected chi connectivity index (χ3v) is 3.85. The van der Waals surface area contributed by atoms with Gasteiger partial charge in [-0.15, -0.1) is 0 Å². The van der Waals surface area contributed by atoms with Gasteiger partial charge in [-0.05, 0) is 30.9 Å². The van der Waals surface area contributed by atoms with Gasteiger partial charge in [-0.25, -0.2) is 0 Å². The van der Waals surface area contributed by atoms with Crippen molar-refractivity contribution in [3.05, 3.63) is 23.8 Å². The lowest BCUT2D eigenvalue weighted by Gasteiger charge is -2.21. The summed E-state index contributed by atoms with van der Waals surface area (Å²) in [5.74, 6) is 0.857. The van der Waals surface area contributed by atoms with E-state index in [4.69, 9.17) is 5.73 Å². The molecule has 1 aliphatic heterocycles. The van der Waals surface area contributed by atoms with Gasteiger partial charge in [0, 0.05) is 26.7 Å². The molecule has 0 atom stereocenters. The number of rotatable bonds is 2. The SMILES string of the molecule is CN1CCN(CC2CC2)C(=O)c2cccc(N)c21. The summed E-state index contributed by atoms with van der Waals surface area (Å²) in [6.07, 6.45) is 2.53. The highest BCUT2D eigenvalue weighted by atomic mass is 16.2. The summed E-state index contributed by atoms with van der Waals surface area (Å²) in [5.41, 5.74) is 8.34. The number of amides is 1. The van der Waals surface area contributed by atoms with E-state index in [0.29, 0.717) is 5.69 Å². The number of carbonyl (C=O) groups excluding carboxylic acids is 1. The van der Waals surface area contributed by atoms with Crippen molar-refractivity contribution >= 4 is 17.3 Å². The van der Waals surface area contributed by atoms with Crippen molar-refractivity contribution in [2.24, 2.45) is 5.92 Å². The number of carbonyl (C=O) groups is 1. The van der Waals surface area contributed by atoms with Crippen molar-refractivity contribution in [2.45, 2.75) is 12.8 Å². The molecule has 1 aromatic rings. The van der Waals surface area contributed by atoms with Gasteiger partial charge in [0.05, 0.1) is 16.9 Å². The number of nitrogens with two attached hydrogens (primary N) is 1. The molecule has 4 heteroatoms. The fourth-order valence-electron chi connectivity index (χ4n) is 2.60. The molecular formula is C14H19N3O. The molecule has 1 aliphatic carbocycles. The van der Waals surface area contributed by atoms with E-state index in [2.05, 4.69) is 4.90 Å². The lowest BCUT2D eigenvalue weighted by Crippen LogP contribution is -2.35. The van der Waals surface area contributed by atoms with Crippen LogP contribution in [0.2, 0.25) is 0 Å². The van der Waals surface area contributed by atoms with Crippen LogP contribution in [0.5, 0.6) is 0 Å². The number of likely N-dealkylation sites (N-methyl/N-ethyl adjacent to an activating group) is 1. The normalized spacial score (nSPS) is 19.7. The van der Waals surface area contributed by atoms with Gasteiger partial charge in [0.2, 0.25) is 0 Å². The Morgan fingerprint density at radius 3 is 2.83 bits per heavy atom. The minimum Gasteiger partial charge on any atom is -0.397 e. The van der Waals surface area contributed by atoms with Crippen LogP contribution >= 0.6 is 0 Å². The average Bonchev–Trinajstić information content (AvgIpc) is 3.16. The molecule has 1 amide bonds. The summed E-state index contributed by atoms with van der Waals surface area (Å²) >= 11 is 0. The lowest BCUT2D eigenvalue weighted by atomic mass is 10.1. The van der Waals surface area contributed by atoms with Crippen LogP contribution in [-0.2, 0) is 0 Å². The Bertz CT molecular complexity index is 482. The van der Waals surface area contributed by atoms with Crippen molar-refractivity contribution in [2.75, 3.05) is 37.3 Å². The van der Waals surface area contributed by atoms with E-state index in [9.17, 15) is 4.79 Å². The molecule has 96 valence electrons. The highest BCUT2D eigenvalue weighted by Crippen LogP contribution is 2.33. The first-order valence-corrected chi connectivity index (χ1v) is 6.55. The molecule has 0 radical (unpaired) electrons. The molecule has 1 aromatic carbocycles. The van der Waals surface area contributed by atoms with Crippen LogP contribution in [0.4, 0.5) is 11.4 Å². The minimum absolute atomic E-state index is 0.133. The summed E-state index contributed by atoms with van der Waals surface area (Å²) in [6, 6.07) is 5.61. The molecule has 0 spiro atoms. The Labute approximate surface area is 107 Å². The molecule has 0 aromatic heterocycles.